The summed E-state index contributed by atoms with van der Waals surface area (Å²) < 4.78 is 25.8. The molecule has 0 spiro atoms. The number of rotatable bonds is 2. The lowest BCUT2D eigenvalue weighted by atomic mass is 10.1. The van der Waals surface area contributed by atoms with Gasteiger partial charge in [-0.15, -0.1) is 0 Å². The lowest BCUT2D eigenvalue weighted by Gasteiger charge is -2.09. The van der Waals surface area contributed by atoms with Crippen LogP contribution in [0.1, 0.15) is 11.6 Å². The fourth-order valence-corrected chi connectivity index (χ4v) is 1.07. The summed E-state index contributed by atoms with van der Waals surface area (Å²) in [4.78, 5) is 0. The summed E-state index contributed by atoms with van der Waals surface area (Å²) in [5.41, 5.74) is 5.24. The molecule has 72 valence electrons. The highest BCUT2D eigenvalue weighted by Gasteiger charge is 2.13. The van der Waals surface area contributed by atoms with E-state index in [1.165, 1.54) is 0 Å². The first-order valence-corrected chi connectivity index (χ1v) is 3.95. The van der Waals surface area contributed by atoms with Crippen LogP contribution in [0.25, 0.3) is 0 Å². The Kier molecular flexibility index (Phi) is 3.19. The minimum Gasteiger partial charge on any atom is -0.394 e. The number of benzene rings is 1. The smallest absolute Gasteiger partial charge is 0.142 e. The zero-order valence-corrected chi connectivity index (χ0v) is 7.35. The molecule has 0 saturated heterocycles. The molecule has 0 saturated carbocycles. The van der Waals surface area contributed by atoms with Gasteiger partial charge in [-0.2, -0.15) is 0 Å². The molecule has 0 radical (unpaired) electrons. The molecule has 0 fully saturated rings. The van der Waals surface area contributed by atoms with Gasteiger partial charge in [0.1, 0.15) is 11.6 Å². The third kappa shape index (κ3) is 2.15. The Hall–Kier alpha value is -0.710. The molecular weight excluding hydrogens is 200 g/mol. The Morgan fingerprint density at radius 3 is 2.54 bits per heavy atom. The highest BCUT2D eigenvalue weighted by Crippen LogP contribution is 2.22. The standard InChI is InChI=1S/C8H8ClF2NO/c9-5-2-6(10)4(1-7(5)11)8(12)3-13/h1-2,8,13H,3,12H2. The van der Waals surface area contributed by atoms with Gasteiger partial charge in [0.05, 0.1) is 17.7 Å². The van der Waals surface area contributed by atoms with Crippen LogP contribution in [0, 0.1) is 11.6 Å². The van der Waals surface area contributed by atoms with E-state index in [4.69, 9.17) is 22.4 Å². The summed E-state index contributed by atoms with van der Waals surface area (Å²) in [6.45, 7) is -0.446. The van der Waals surface area contributed by atoms with Crippen LogP contribution >= 0.6 is 11.6 Å². The van der Waals surface area contributed by atoms with Crippen molar-refractivity contribution in [2.45, 2.75) is 6.04 Å². The average molecular weight is 208 g/mol. The van der Waals surface area contributed by atoms with Crippen molar-refractivity contribution in [1.82, 2.24) is 0 Å². The Morgan fingerprint density at radius 2 is 2.00 bits per heavy atom. The Labute approximate surface area is 78.9 Å². The van der Waals surface area contributed by atoms with E-state index in [0.717, 1.165) is 12.1 Å². The molecule has 0 aromatic heterocycles. The second kappa shape index (κ2) is 4.00. The van der Waals surface area contributed by atoms with Crippen molar-refractivity contribution in [3.05, 3.63) is 34.4 Å². The van der Waals surface area contributed by atoms with Crippen molar-refractivity contribution < 1.29 is 13.9 Å². The first-order valence-electron chi connectivity index (χ1n) is 3.57. The number of nitrogens with two attached hydrogens (primary N) is 1. The molecule has 1 unspecified atom stereocenters. The Morgan fingerprint density at radius 1 is 1.38 bits per heavy atom. The quantitative estimate of drug-likeness (QED) is 0.724. The molecule has 1 aromatic carbocycles. The number of aliphatic hydroxyl groups excluding tert-OH is 1. The van der Waals surface area contributed by atoms with Crippen LogP contribution in [0.3, 0.4) is 0 Å². The molecule has 0 aliphatic heterocycles. The number of hydrogen-bond acceptors (Lipinski definition) is 2. The second-order valence-electron chi connectivity index (χ2n) is 2.58. The van der Waals surface area contributed by atoms with Crippen molar-refractivity contribution in [3.8, 4) is 0 Å². The summed E-state index contributed by atoms with van der Waals surface area (Å²) in [6.07, 6.45) is 0. The van der Waals surface area contributed by atoms with Crippen molar-refractivity contribution in [1.29, 1.82) is 0 Å². The van der Waals surface area contributed by atoms with Gasteiger partial charge in [0, 0.05) is 5.56 Å². The molecular formula is C8H8ClF2NO. The number of aliphatic hydroxyl groups is 1. The second-order valence-corrected chi connectivity index (χ2v) is 2.98. The molecule has 0 heterocycles. The SMILES string of the molecule is NC(CO)c1cc(F)c(Cl)cc1F. The van der Waals surface area contributed by atoms with Gasteiger partial charge in [0.15, 0.2) is 0 Å². The van der Waals surface area contributed by atoms with Crippen molar-refractivity contribution in [2.24, 2.45) is 5.73 Å². The summed E-state index contributed by atoms with van der Waals surface area (Å²) >= 11 is 5.32. The van der Waals surface area contributed by atoms with Gasteiger partial charge < -0.3 is 10.8 Å². The highest BCUT2D eigenvalue weighted by molar-refractivity contribution is 6.30. The number of halogens is 3. The topological polar surface area (TPSA) is 46.2 Å². The van der Waals surface area contributed by atoms with Crippen LogP contribution in [-0.4, -0.2) is 11.7 Å². The van der Waals surface area contributed by atoms with Crippen LogP contribution < -0.4 is 5.73 Å². The summed E-state index contributed by atoms with van der Waals surface area (Å²) in [5, 5.41) is 8.33. The number of hydrogen-bond donors (Lipinski definition) is 2. The van der Waals surface area contributed by atoms with E-state index in [9.17, 15) is 8.78 Å². The van der Waals surface area contributed by atoms with E-state index in [2.05, 4.69) is 0 Å². The summed E-state index contributed by atoms with van der Waals surface area (Å²) in [5.74, 6) is -1.46. The summed E-state index contributed by atoms with van der Waals surface area (Å²) in [6, 6.07) is 0.798. The van der Waals surface area contributed by atoms with Crippen LogP contribution in [0.5, 0.6) is 0 Å². The molecule has 13 heavy (non-hydrogen) atoms. The Balaban J connectivity index is 3.15. The minimum absolute atomic E-state index is 0.0793. The van der Waals surface area contributed by atoms with Crippen LogP contribution in [0.2, 0.25) is 5.02 Å². The minimum atomic E-state index is -0.924. The van der Waals surface area contributed by atoms with Gasteiger partial charge in [0.2, 0.25) is 0 Å². The zero-order valence-electron chi connectivity index (χ0n) is 6.60. The van der Waals surface area contributed by atoms with Gasteiger partial charge in [-0.25, -0.2) is 8.78 Å². The fraction of sp³-hybridized carbons (Fsp3) is 0.250. The van der Waals surface area contributed by atoms with Crippen LogP contribution in [-0.2, 0) is 0 Å². The maximum atomic E-state index is 13.0. The van der Waals surface area contributed by atoms with Crippen molar-refractivity contribution in [2.75, 3.05) is 6.61 Å². The average Bonchev–Trinajstić information content (AvgIpc) is 2.10. The molecule has 2 nitrogen and oxygen atoms in total. The predicted molar refractivity (Wildman–Crippen MR) is 45.4 cm³/mol. The lowest BCUT2D eigenvalue weighted by Crippen LogP contribution is -2.16. The predicted octanol–water partition coefficient (Wildman–Crippen LogP) is 1.61. The van der Waals surface area contributed by atoms with Crippen molar-refractivity contribution >= 4 is 11.6 Å². The lowest BCUT2D eigenvalue weighted by molar-refractivity contribution is 0.265. The maximum absolute atomic E-state index is 13.0. The molecule has 0 amide bonds. The largest absolute Gasteiger partial charge is 0.394 e. The third-order valence-electron chi connectivity index (χ3n) is 1.64. The van der Waals surface area contributed by atoms with Gasteiger partial charge in [-0.1, -0.05) is 11.6 Å². The van der Waals surface area contributed by atoms with Crippen molar-refractivity contribution in [3.63, 3.8) is 0 Å². The molecule has 1 aromatic rings. The van der Waals surface area contributed by atoms with Crippen LogP contribution in [0.15, 0.2) is 12.1 Å². The van der Waals surface area contributed by atoms with E-state index in [1.807, 2.05) is 0 Å². The van der Waals surface area contributed by atoms with E-state index < -0.39 is 24.3 Å². The molecule has 3 N–H and O–H groups in total. The highest BCUT2D eigenvalue weighted by atomic mass is 35.5. The monoisotopic (exact) mass is 207 g/mol. The van der Waals surface area contributed by atoms with Gasteiger partial charge >= 0.3 is 0 Å². The maximum Gasteiger partial charge on any atom is 0.142 e. The molecule has 1 atom stereocenters. The zero-order chi connectivity index (χ0) is 10.0. The van der Waals surface area contributed by atoms with E-state index in [1.54, 1.807) is 0 Å². The molecule has 5 heteroatoms. The summed E-state index contributed by atoms with van der Waals surface area (Å²) in [7, 11) is 0. The molecule has 1 rings (SSSR count). The van der Waals surface area contributed by atoms with Gasteiger partial charge in [0.25, 0.3) is 0 Å². The first-order chi connectivity index (χ1) is 6.06. The molecule has 0 aliphatic carbocycles. The normalized spacial score (nSPS) is 13.0. The van der Waals surface area contributed by atoms with Gasteiger partial charge in [-0.3, -0.25) is 0 Å². The molecule has 0 aliphatic rings. The van der Waals surface area contributed by atoms with E-state index in [0.29, 0.717) is 0 Å². The molecule has 0 bridgehead atoms. The third-order valence-corrected chi connectivity index (χ3v) is 1.93. The fourth-order valence-electron chi connectivity index (χ4n) is 0.920. The first kappa shape index (κ1) is 10.4. The van der Waals surface area contributed by atoms with E-state index >= 15 is 0 Å². The van der Waals surface area contributed by atoms with E-state index in [-0.39, 0.29) is 10.6 Å². The van der Waals surface area contributed by atoms with Crippen LogP contribution in [0.4, 0.5) is 8.78 Å². The van der Waals surface area contributed by atoms with Gasteiger partial charge in [-0.05, 0) is 12.1 Å². The Bertz CT molecular complexity index is 319.